The molecule has 16 heavy (non-hydrogen) atoms. The molecule has 0 aliphatic carbocycles. The molecule has 0 fully saturated rings. The molecule has 0 saturated carbocycles. The molecule has 3 nitrogen and oxygen atoms in total. The molecule has 0 unspecified atom stereocenters. The SMILES string of the molecule is COc1cccc(OC)c1C(=O)C=C(C)C. The first-order chi connectivity index (χ1) is 7.60. The molecular weight excluding hydrogens is 204 g/mol. The lowest BCUT2D eigenvalue weighted by Gasteiger charge is -2.10. The number of rotatable bonds is 4. The Balaban J connectivity index is 3.28. The number of hydrogen-bond donors (Lipinski definition) is 0. The molecule has 1 rings (SSSR count). The lowest BCUT2D eigenvalue weighted by molar-refractivity contribution is 0.104. The van der Waals surface area contributed by atoms with Crippen LogP contribution in [0.1, 0.15) is 24.2 Å². The van der Waals surface area contributed by atoms with Crippen LogP contribution in [0.4, 0.5) is 0 Å². The van der Waals surface area contributed by atoms with E-state index >= 15 is 0 Å². The van der Waals surface area contributed by atoms with E-state index in [1.54, 1.807) is 24.3 Å². The van der Waals surface area contributed by atoms with Gasteiger partial charge in [0.2, 0.25) is 0 Å². The fourth-order valence-corrected chi connectivity index (χ4v) is 1.43. The van der Waals surface area contributed by atoms with E-state index in [2.05, 4.69) is 0 Å². The molecule has 0 saturated heterocycles. The molecule has 0 spiro atoms. The summed E-state index contributed by atoms with van der Waals surface area (Å²) < 4.78 is 10.3. The van der Waals surface area contributed by atoms with E-state index < -0.39 is 0 Å². The van der Waals surface area contributed by atoms with Crippen molar-refractivity contribution in [3.05, 3.63) is 35.4 Å². The highest BCUT2D eigenvalue weighted by Crippen LogP contribution is 2.29. The largest absolute Gasteiger partial charge is 0.496 e. The Hall–Kier alpha value is -1.77. The molecule has 0 aliphatic heterocycles. The zero-order chi connectivity index (χ0) is 12.1. The summed E-state index contributed by atoms with van der Waals surface area (Å²) >= 11 is 0. The summed E-state index contributed by atoms with van der Waals surface area (Å²) in [5, 5.41) is 0. The van der Waals surface area contributed by atoms with E-state index in [4.69, 9.17) is 9.47 Å². The zero-order valence-corrected chi connectivity index (χ0v) is 10.0. The van der Waals surface area contributed by atoms with E-state index in [1.165, 1.54) is 14.2 Å². The molecular formula is C13H16O3. The van der Waals surface area contributed by atoms with Crippen LogP contribution >= 0.6 is 0 Å². The number of carbonyl (C=O) groups excluding carboxylic acids is 1. The normalized spacial score (nSPS) is 9.50. The number of ether oxygens (including phenoxy) is 2. The molecule has 0 heterocycles. The molecule has 0 atom stereocenters. The first-order valence-corrected chi connectivity index (χ1v) is 5.00. The topological polar surface area (TPSA) is 35.5 Å². The summed E-state index contributed by atoms with van der Waals surface area (Å²) in [6, 6.07) is 5.28. The number of hydrogen-bond acceptors (Lipinski definition) is 3. The smallest absolute Gasteiger partial charge is 0.193 e. The number of carbonyl (C=O) groups is 1. The molecule has 86 valence electrons. The van der Waals surface area contributed by atoms with Crippen molar-refractivity contribution in [1.82, 2.24) is 0 Å². The van der Waals surface area contributed by atoms with Crippen molar-refractivity contribution in [2.75, 3.05) is 14.2 Å². The summed E-state index contributed by atoms with van der Waals surface area (Å²) in [4.78, 5) is 12.0. The van der Waals surface area contributed by atoms with Crippen molar-refractivity contribution in [1.29, 1.82) is 0 Å². The number of ketones is 1. The Bertz CT molecular complexity index is 393. The molecule has 1 aromatic carbocycles. The van der Waals surface area contributed by atoms with Gasteiger partial charge in [-0.3, -0.25) is 4.79 Å². The monoisotopic (exact) mass is 220 g/mol. The number of benzene rings is 1. The van der Waals surface area contributed by atoms with Gasteiger partial charge in [-0.15, -0.1) is 0 Å². The van der Waals surface area contributed by atoms with Crippen LogP contribution in [0.5, 0.6) is 11.5 Å². The van der Waals surface area contributed by atoms with Gasteiger partial charge in [0.15, 0.2) is 5.78 Å². The molecule has 0 N–H and O–H groups in total. The lowest BCUT2D eigenvalue weighted by atomic mass is 10.1. The van der Waals surface area contributed by atoms with Crippen molar-refractivity contribution < 1.29 is 14.3 Å². The van der Waals surface area contributed by atoms with Gasteiger partial charge in [0.05, 0.1) is 14.2 Å². The average molecular weight is 220 g/mol. The predicted octanol–water partition coefficient (Wildman–Crippen LogP) is 2.85. The van der Waals surface area contributed by atoms with Gasteiger partial charge < -0.3 is 9.47 Å². The summed E-state index contributed by atoms with van der Waals surface area (Å²) in [5.74, 6) is 0.956. The summed E-state index contributed by atoms with van der Waals surface area (Å²) in [6.45, 7) is 3.75. The van der Waals surface area contributed by atoms with Crippen molar-refractivity contribution in [3.63, 3.8) is 0 Å². The van der Waals surface area contributed by atoms with Crippen molar-refractivity contribution in [2.24, 2.45) is 0 Å². The van der Waals surface area contributed by atoms with Crippen molar-refractivity contribution in [2.45, 2.75) is 13.8 Å². The Morgan fingerprint density at radius 3 is 2.00 bits per heavy atom. The van der Waals surface area contributed by atoms with Gasteiger partial charge in [0.1, 0.15) is 17.1 Å². The minimum Gasteiger partial charge on any atom is -0.496 e. The fraction of sp³-hybridized carbons (Fsp3) is 0.308. The van der Waals surface area contributed by atoms with Crippen LogP contribution in [0.25, 0.3) is 0 Å². The highest BCUT2D eigenvalue weighted by Gasteiger charge is 2.15. The maximum atomic E-state index is 12.0. The van der Waals surface area contributed by atoms with Gasteiger partial charge in [-0.2, -0.15) is 0 Å². The molecule has 0 aromatic heterocycles. The maximum absolute atomic E-state index is 12.0. The van der Waals surface area contributed by atoms with Crippen LogP contribution in [0.2, 0.25) is 0 Å². The molecule has 3 heteroatoms. The molecule has 0 aliphatic rings. The van der Waals surface area contributed by atoms with Crippen LogP contribution in [0.3, 0.4) is 0 Å². The minimum absolute atomic E-state index is 0.102. The molecule has 1 aromatic rings. The second-order valence-corrected chi connectivity index (χ2v) is 3.62. The van der Waals surface area contributed by atoms with Gasteiger partial charge in [0, 0.05) is 0 Å². The van der Waals surface area contributed by atoms with Crippen molar-refractivity contribution >= 4 is 5.78 Å². The van der Waals surface area contributed by atoms with E-state index in [0.717, 1.165) is 5.57 Å². The first-order valence-electron chi connectivity index (χ1n) is 5.00. The second-order valence-electron chi connectivity index (χ2n) is 3.62. The lowest BCUT2D eigenvalue weighted by Crippen LogP contribution is -2.02. The zero-order valence-electron chi connectivity index (χ0n) is 10.0. The fourth-order valence-electron chi connectivity index (χ4n) is 1.43. The van der Waals surface area contributed by atoms with E-state index in [0.29, 0.717) is 17.1 Å². The molecule has 0 amide bonds. The van der Waals surface area contributed by atoms with Gasteiger partial charge in [-0.25, -0.2) is 0 Å². The minimum atomic E-state index is -0.102. The van der Waals surface area contributed by atoms with Crippen molar-refractivity contribution in [3.8, 4) is 11.5 Å². The van der Waals surface area contributed by atoms with Crippen LogP contribution in [0, 0.1) is 0 Å². The van der Waals surface area contributed by atoms with Crippen LogP contribution in [-0.2, 0) is 0 Å². The highest BCUT2D eigenvalue weighted by molar-refractivity contribution is 6.08. The third kappa shape index (κ3) is 2.63. The predicted molar refractivity (Wildman–Crippen MR) is 63.3 cm³/mol. The summed E-state index contributed by atoms with van der Waals surface area (Å²) in [5.41, 5.74) is 1.41. The Kier molecular flexibility index (Phi) is 4.11. The number of allylic oxidation sites excluding steroid dienone is 2. The van der Waals surface area contributed by atoms with Gasteiger partial charge >= 0.3 is 0 Å². The van der Waals surface area contributed by atoms with Crippen LogP contribution in [0.15, 0.2) is 29.8 Å². The van der Waals surface area contributed by atoms with E-state index in [1.807, 2.05) is 13.8 Å². The first kappa shape index (κ1) is 12.3. The summed E-state index contributed by atoms with van der Waals surface area (Å²) in [6.07, 6.45) is 1.57. The number of methoxy groups -OCH3 is 2. The third-order valence-corrected chi connectivity index (χ3v) is 2.09. The van der Waals surface area contributed by atoms with Gasteiger partial charge in [-0.05, 0) is 32.1 Å². The summed E-state index contributed by atoms with van der Waals surface area (Å²) in [7, 11) is 3.07. The Morgan fingerprint density at radius 1 is 1.12 bits per heavy atom. The maximum Gasteiger partial charge on any atom is 0.193 e. The van der Waals surface area contributed by atoms with E-state index in [-0.39, 0.29) is 5.78 Å². The van der Waals surface area contributed by atoms with Gasteiger partial charge in [-0.1, -0.05) is 11.6 Å². The van der Waals surface area contributed by atoms with Crippen LogP contribution in [-0.4, -0.2) is 20.0 Å². The van der Waals surface area contributed by atoms with E-state index in [9.17, 15) is 4.79 Å². The van der Waals surface area contributed by atoms with Gasteiger partial charge in [0.25, 0.3) is 0 Å². The Morgan fingerprint density at radius 2 is 1.62 bits per heavy atom. The quantitative estimate of drug-likeness (QED) is 0.578. The highest BCUT2D eigenvalue weighted by atomic mass is 16.5. The van der Waals surface area contributed by atoms with Crippen LogP contribution < -0.4 is 9.47 Å². The standard InChI is InChI=1S/C13H16O3/c1-9(2)8-10(14)13-11(15-3)6-5-7-12(13)16-4/h5-8H,1-4H3. The molecule has 0 bridgehead atoms. The second kappa shape index (κ2) is 5.35. The average Bonchev–Trinajstić information content (AvgIpc) is 2.26. The third-order valence-electron chi connectivity index (χ3n) is 2.09. The molecule has 0 radical (unpaired) electrons. The Labute approximate surface area is 95.7 Å².